The monoisotopic (exact) mass is 267 g/mol. The molecule has 0 radical (unpaired) electrons. The molecule has 1 aromatic rings. The van der Waals surface area contributed by atoms with Crippen LogP contribution in [0.2, 0.25) is 0 Å². The lowest BCUT2D eigenvalue weighted by Crippen LogP contribution is -2.28. The number of halogens is 2. The third-order valence-corrected chi connectivity index (χ3v) is 4.02. The summed E-state index contributed by atoms with van der Waals surface area (Å²) in [5.74, 6) is -3.31. The van der Waals surface area contributed by atoms with Crippen LogP contribution in [-0.2, 0) is 11.3 Å². The largest absolute Gasteiger partial charge is 0.316 e. The number of alkyl halides is 2. The SMILES string of the molecule is Cc1cc(C(C)(C)C)ccc1C(F)(F)C1CCNC1. The molecule has 1 N–H and O–H groups in total. The fourth-order valence-corrected chi connectivity index (χ4v) is 2.69. The zero-order chi connectivity index (χ0) is 14.3. The second-order valence-corrected chi connectivity index (χ2v) is 6.59. The molecular weight excluding hydrogens is 244 g/mol. The number of aryl methyl sites for hydroxylation is 1. The van der Waals surface area contributed by atoms with Gasteiger partial charge in [0.2, 0.25) is 0 Å². The number of benzene rings is 1. The molecule has 1 aliphatic heterocycles. The van der Waals surface area contributed by atoms with Crippen molar-refractivity contribution in [3.05, 3.63) is 34.9 Å². The highest BCUT2D eigenvalue weighted by Gasteiger charge is 2.43. The third kappa shape index (κ3) is 2.81. The topological polar surface area (TPSA) is 12.0 Å². The number of hydrogen-bond donors (Lipinski definition) is 1. The van der Waals surface area contributed by atoms with E-state index in [1.165, 1.54) is 0 Å². The van der Waals surface area contributed by atoms with Gasteiger partial charge in [-0.2, -0.15) is 0 Å². The van der Waals surface area contributed by atoms with Gasteiger partial charge >= 0.3 is 0 Å². The van der Waals surface area contributed by atoms with Crippen molar-refractivity contribution in [1.82, 2.24) is 5.32 Å². The molecule has 0 aliphatic carbocycles. The average Bonchev–Trinajstić information content (AvgIpc) is 2.81. The van der Waals surface area contributed by atoms with E-state index in [2.05, 4.69) is 26.1 Å². The molecule has 0 bridgehead atoms. The van der Waals surface area contributed by atoms with E-state index in [0.29, 0.717) is 25.1 Å². The maximum absolute atomic E-state index is 14.5. The summed E-state index contributed by atoms with van der Waals surface area (Å²) < 4.78 is 29.0. The fraction of sp³-hybridized carbons (Fsp3) is 0.625. The van der Waals surface area contributed by atoms with E-state index in [1.807, 2.05) is 12.1 Å². The van der Waals surface area contributed by atoms with Crippen LogP contribution >= 0.6 is 0 Å². The Bertz CT molecular complexity index is 454. The molecule has 0 amide bonds. The van der Waals surface area contributed by atoms with Gasteiger partial charge in [0.15, 0.2) is 0 Å². The van der Waals surface area contributed by atoms with Gasteiger partial charge in [0.05, 0.1) is 0 Å². The summed E-state index contributed by atoms with van der Waals surface area (Å²) in [6.45, 7) is 9.19. The average molecular weight is 267 g/mol. The van der Waals surface area contributed by atoms with Crippen molar-refractivity contribution >= 4 is 0 Å². The molecule has 106 valence electrons. The molecular formula is C16H23F2N. The second-order valence-electron chi connectivity index (χ2n) is 6.59. The predicted octanol–water partition coefficient (Wildman–Crippen LogP) is 3.99. The van der Waals surface area contributed by atoms with Crippen molar-refractivity contribution in [2.24, 2.45) is 5.92 Å². The molecule has 0 spiro atoms. The highest BCUT2D eigenvalue weighted by Crippen LogP contribution is 2.41. The van der Waals surface area contributed by atoms with Crippen LogP contribution in [0.15, 0.2) is 18.2 Å². The molecule has 19 heavy (non-hydrogen) atoms. The molecule has 2 rings (SSSR count). The summed E-state index contributed by atoms with van der Waals surface area (Å²) in [4.78, 5) is 0. The van der Waals surface area contributed by atoms with Crippen LogP contribution in [0.5, 0.6) is 0 Å². The normalized spacial score (nSPS) is 20.8. The molecule has 0 aromatic heterocycles. The Balaban J connectivity index is 2.35. The van der Waals surface area contributed by atoms with E-state index in [4.69, 9.17) is 0 Å². The molecule has 1 aromatic carbocycles. The van der Waals surface area contributed by atoms with Crippen LogP contribution in [0.1, 0.15) is 43.9 Å². The third-order valence-electron chi connectivity index (χ3n) is 4.02. The summed E-state index contributed by atoms with van der Waals surface area (Å²) in [6, 6.07) is 5.37. The van der Waals surface area contributed by atoms with Crippen LogP contribution < -0.4 is 5.32 Å². The van der Waals surface area contributed by atoms with Crippen molar-refractivity contribution < 1.29 is 8.78 Å². The molecule has 1 heterocycles. The standard InChI is InChI=1S/C16H23F2N/c1-11-9-12(15(2,3)4)5-6-14(11)16(17,18)13-7-8-19-10-13/h5-6,9,13,19H,7-8,10H2,1-4H3. The fourth-order valence-electron chi connectivity index (χ4n) is 2.69. The summed E-state index contributed by atoms with van der Waals surface area (Å²) in [5, 5.41) is 3.02. The minimum Gasteiger partial charge on any atom is -0.316 e. The maximum Gasteiger partial charge on any atom is 0.277 e. The van der Waals surface area contributed by atoms with Crippen LogP contribution in [0.3, 0.4) is 0 Å². The zero-order valence-corrected chi connectivity index (χ0v) is 12.2. The van der Waals surface area contributed by atoms with Crippen LogP contribution in [-0.4, -0.2) is 13.1 Å². The number of hydrogen-bond acceptors (Lipinski definition) is 1. The quantitative estimate of drug-likeness (QED) is 0.854. The van der Waals surface area contributed by atoms with E-state index in [-0.39, 0.29) is 11.0 Å². The lowest BCUT2D eigenvalue weighted by Gasteiger charge is -2.27. The maximum atomic E-state index is 14.5. The van der Waals surface area contributed by atoms with Crippen molar-refractivity contribution in [3.63, 3.8) is 0 Å². The van der Waals surface area contributed by atoms with Crippen LogP contribution in [0.4, 0.5) is 8.78 Å². The first-order valence-electron chi connectivity index (χ1n) is 6.93. The van der Waals surface area contributed by atoms with Crippen LogP contribution in [0, 0.1) is 12.8 Å². The summed E-state index contributed by atoms with van der Waals surface area (Å²) in [5.41, 5.74) is 1.99. The van der Waals surface area contributed by atoms with E-state index in [1.54, 1.807) is 13.0 Å². The summed E-state index contributed by atoms with van der Waals surface area (Å²) >= 11 is 0. The summed E-state index contributed by atoms with van der Waals surface area (Å²) in [6.07, 6.45) is 0.549. The molecule has 1 unspecified atom stereocenters. The molecule has 1 fully saturated rings. The highest BCUT2D eigenvalue weighted by atomic mass is 19.3. The van der Waals surface area contributed by atoms with Gasteiger partial charge < -0.3 is 5.32 Å². The van der Waals surface area contributed by atoms with Crippen molar-refractivity contribution in [2.45, 2.75) is 45.5 Å². The Morgan fingerprint density at radius 2 is 1.89 bits per heavy atom. The summed E-state index contributed by atoms with van der Waals surface area (Å²) in [7, 11) is 0. The van der Waals surface area contributed by atoms with Gasteiger partial charge in [-0.05, 0) is 36.4 Å². The minimum atomic E-state index is -2.73. The van der Waals surface area contributed by atoms with E-state index < -0.39 is 11.8 Å². The Kier molecular flexibility index (Phi) is 3.69. The smallest absolute Gasteiger partial charge is 0.277 e. The highest BCUT2D eigenvalue weighted by molar-refractivity contribution is 5.37. The van der Waals surface area contributed by atoms with Gasteiger partial charge in [0, 0.05) is 18.0 Å². The van der Waals surface area contributed by atoms with Crippen molar-refractivity contribution in [1.29, 1.82) is 0 Å². The van der Waals surface area contributed by atoms with Gasteiger partial charge in [0.1, 0.15) is 0 Å². The zero-order valence-electron chi connectivity index (χ0n) is 12.2. The lowest BCUT2D eigenvalue weighted by atomic mass is 9.83. The molecule has 3 heteroatoms. The molecule has 0 saturated carbocycles. The second kappa shape index (κ2) is 4.86. The van der Waals surface area contributed by atoms with Crippen molar-refractivity contribution in [2.75, 3.05) is 13.1 Å². The molecule has 1 aliphatic rings. The van der Waals surface area contributed by atoms with E-state index in [0.717, 1.165) is 5.56 Å². The predicted molar refractivity (Wildman–Crippen MR) is 74.7 cm³/mol. The Hall–Kier alpha value is -0.960. The van der Waals surface area contributed by atoms with Gasteiger partial charge in [-0.1, -0.05) is 39.0 Å². The van der Waals surface area contributed by atoms with Gasteiger partial charge in [-0.25, -0.2) is 8.78 Å². The number of nitrogens with one attached hydrogen (secondary N) is 1. The van der Waals surface area contributed by atoms with E-state index in [9.17, 15) is 8.78 Å². The van der Waals surface area contributed by atoms with Gasteiger partial charge in [-0.15, -0.1) is 0 Å². The first kappa shape index (κ1) is 14.4. The minimum absolute atomic E-state index is 0.00646. The van der Waals surface area contributed by atoms with Gasteiger partial charge in [-0.3, -0.25) is 0 Å². The first-order chi connectivity index (χ1) is 8.73. The van der Waals surface area contributed by atoms with Crippen LogP contribution in [0.25, 0.3) is 0 Å². The molecule has 1 nitrogen and oxygen atoms in total. The van der Waals surface area contributed by atoms with E-state index >= 15 is 0 Å². The van der Waals surface area contributed by atoms with Crippen molar-refractivity contribution in [3.8, 4) is 0 Å². The Morgan fingerprint density at radius 3 is 2.37 bits per heavy atom. The Morgan fingerprint density at radius 1 is 1.21 bits per heavy atom. The molecule has 1 saturated heterocycles. The number of rotatable bonds is 2. The molecule has 1 atom stereocenters. The lowest BCUT2D eigenvalue weighted by molar-refractivity contribution is -0.0581. The van der Waals surface area contributed by atoms with Gasteiger partial charge in [0.25, 0.3) is 5.92 Å². The Labute approximate surface area is 114 Å². The first-order valence-corrected chi connectivity index (χ1v) is 6.93.